The number of esters is 3. The lowest BCUT2D eigenvalue weighted by molar-refractivity contribution is -0.167. The van der Waals surface area contributed by atoms with Crippen LogP contribution in [0.3, 0.4) is 0 Å². The van der Waals surface area contributed by atoms with E-state index in [2.05, 4.69) is 34.6 Å². The monoisotopic (exact) mass is 751 g/mol. The van der Waals surface area contributed by atoms with Gasteiger partial charge in [-0.1, -0.05) is 214 Å². The first-order valence-electron chi connectivity index (χ1n) is 23.2. The van der Waals surface area contributed by atoms with Crippen LogP contribution < -0.4 is 0 Å². The number of ether oxygens (including phenoxy) is 3. The molecule has 0 unspecified atom stereocenters. The van der Waals surface area contributed by atoms with Crippen molar-refractivity contribution in [3.8, 4) is 0 Å². The summed E-state index contributed by atoms with van der Waals surface area (Å²) < 4.78 is 16.7. The zero-order valence-electron chi connectivity index (χ0n) is 36.1. The van der Waals surface area contributed by atoms with Crippen LogP contribution in [0.2, 0.25) is 0 Å². The van der Waals surface area contributed by atoms with Crippen molar-refractivity contribution < 1.29 is 28.6 Å². The number of hydrogen-bond acceptors (Lipinski definition) is 6. The molecule has 0 spiro atoms. The molecule has 0 amide bonds. The van der Waals surface area contributed by atoms with E-state index in [4.69, 9.17) is 14.2 Å². The predicted octanol–water partition coefficient (Wildman–Crippen LogP) is 14.6. The molecule has 0 aromatic carbocycles. The van der Waals surface area contributed by atoms with Gasteiger partial charge in [-0.15, -0.1) is 0 Å². The van der Waals surface area contributed by atoms with E-state index in [-0.39, 0.29) is 31.1 Å². The molecular formula is C47H90O6. The molecule has 0 fully saturated rings. The SMILES string of the molecule is CCCCCCCCCC(=O)O[C@@H](COC(=O)CCCCCCCCCCCCCCCCC(C)C)COC(=O)CCCCCCCCCCC(C)C. The van der Waals surface area contributed by atoms with Gasteiger partial charge in [-0.2, -0.15) is 0 Å². The first-order chi connectivity index (χ1) is 25.7. The molecule has 1 atom stereocenters. The quantitative estimate of drug-likeness (QED) is 0.0352. The van der Waals surface area contributed by atoms with Gasteiger partial charge >= 0.3 is 17.9 Å². The second-order valence-corrected chi connectivity index (χ2v) is 17.0. The second kappa shape index (κ2) is 40.1. The van der Waals surface area contributed by atoms with Crippen LogP contribution >= 0.6 is 0 Å². The fourth-order valence-electron chi connectivity index (χ4n) is 6.93. The largest absolute Gasteiger partial charge is 0.462 e. The molecule has 6 nitrogen and oxygen atoms in total. The van der Waals surface area contributed by atoms with Gasteiger partial charge in [0.05, 0.1) is 0 Å². The standard InChI is InChI=1S/C47H90O6/c1-6-7-8-9-20-29-34-39-47(50)53-44(41-52-46(49)38-33-28-24-19-18-22-26-31-36-43(4)5)40-51-45(48)37-32-27-23-17-15-13-11-10-12-14-16-21-25-30-35-42(2)3/h42-44H,6-41H2,1-5H3/t44-/m0/s1. The van der Waals surface area contributed by atoms with E-state index < -0.39 is 6.10 Å². The zero-order valence-corrected chi connectivity index (χ0v) is 36.1. The van der Waals surface area contributed by atoms with E-state index in [1.807, 2.05) is 0 Å². The maximum absolute atomic E-state index is 12.6. The topological polar surface area (TPSA) is 78.9 Å². The summed E-state index contributed by atoms with van der Waals surface area (Å²) in [5, 5.41) is 0. The Morgan fingerprint density at radius 1 is 0.358 bits per heavy atom. The fourth-order valence-corrected chi connectivity index (χ4v) is 6.93. The molecule has 0 aromatic rings. The molecule has 0 radical (unpaired) electrons. The first kappa shape index (κ1) is 51.4. The lowest BCUT2D eigenvalue weighted by Crippen LogP contribution is -2.30. The molecule has 0 aliphatic rings. The molecule has 6 heteroatoms. The van der Waals surface area contributed by atoms with Crippen molar-refractivity contribution in [3.05, 3.63) is 0 Å². The van der Waals surface area contributed by atoms with E-state index in [9.17, 15) is 14.4 Å². The van der Waals surface area contributed by atoms with E-state index in [1.165, 1.54) is 141 Å². The Kier molecular flexibility index (Phi) is 38.9. The number of carbonyl (C=O) groups excluding carboxylic acids is 3. The molecule has 0 heterocycles. The fraction of sp³-hybridized carbons (Fsp3) is 0.936. The minimum Gasteiger partial charge on any atom is -0.462 e. The van der Waals surface area contributed by atoms with Crippen molar-refractivity contribution in [2.24, 2.45) is 11.8 Å². The highest BCUT2D eigenvalue weighted by molar-refractivity contribution is 5.71. The van der Waals surface area contributed by atoms with Crippen LogP contribution in [-0.4, -0.2) is 37.2 Å². The summed E-state index contributed by atoms with van der Waals surface area (Å²) in [5.41, 5.74) is 0. The van der Waals surface area contributed by atoms with Gasteiger partial charge < -0.3 is 14.2 Å². The van der Waals surface area contributed by atoms with Crippen LogP contribution in [0.1, 0.15) is 253 Å². The molecule has 0 saturated heterocycles. The summed E-state index contributed by atoms with van der Waals surface area (Å²) in [7, 11) is 0. The van der Waals surface area contributed by atoms with Crippen molar-refractivity contribution in [3.63, 3.8) is 0 Å². The average molecular weight is 751 g/mol. The van der Waals surface area contributed by atoms with Crippen LogP contribution in [0.25, 0.3) is 0 Å². The molecule has 0 aromatic heterocycles. The molecule has 0 saturated carbocycles. The van der Waals surface area contributed by atoms with E-state index in [0.717, 1.165) is 69.6 Å². The lowest BCUT2D eigenvalue weighted by atomic mass is 10.0. The minimum absolute atomic E-state index is 0.0653. The first-order valence-corrected chi connectivity index (χ1v) is 23.2. The van der Waals surface area contributed by atoms with Gasteiger partial charge in [0.2, 0.25) is 0 Å². The summed E-state index contributed by atoms with van der Waals surface area (Å²) in [6.45, 7) is 11.3. The molecule has 0 bridgehead atoms. The summed E-state index contributed by atoms with van der Waals surface area (Å²) in [4.78, 5) is 37.6. The van der Waals surface area contributed by atoms with Gasteiger partial charge in [0.25, 0.3) is 0 Å². The normalized spacial score (nSPS) is 12.1. The third kappa shape index (κ3) is 41.4. The van der Waals surface area contributed by atoms with Gasteiger partial charge in [-0.3, -0.25) is 14.4 Å². The number of carbonyl (C=O) groups is 3. The Bertz CT molecular complexity index is 809. The highest BCUT2D eigenvalue weighted by Gasteiger charge is 2.19. The second-order valence-electron chi connectivity index (χ2n) is 17.0. The Morgan fingerprint density at radius 3 is 0.925 bits per heavy atom. The van der Waals surface area contributed by atoms with Crippen molar-refractivity contribution in [2.45, 2.75) is 259 Å². The molecular weight excluding hydrogens is 661 g/mol. The van der Waals surface area contributed by atoms with Crippen molar-refractivity contribution >= 4 is 17.9 Å². The van der Waals surface area contributed by atoms with Gasteiger partial charge in [-0.05, 0) is 31.1 Å². The Labute approximate surface area is 329 Å². The van der Waals surface area contributed by atoms with Crippen molar-refractivity contribution in [1.29, 1.82) is 0 Å². The maximum Gasteiger partial charge on any atom is 0.306 e. The molecule has 0 N–H and O–H groups in total. The number of hydrogen-bond donors (Lipinski definition) is 0. The van der Waals surface area contributed by atoms with Gasteiger partial charge in [0.15, 0.2) is 6.10 Å². The molecule has 0 aliphatic carbocycles. The Balaban J connectivity index is 4.19. The third-order valence-corrected chi connectivity index (χ3v) is 10.5. The summed E-state index contributed by atoms with van der Waals surface area (Å²) in [5.74, 6) is 0.778. The molecule has 53 heavy (non-hydrogen) atoms. The molecule has 314 valence electrons. The summed E-state index contributed by atoms with van der Waals surface area (Å²) in [6.07, 6.45) is 38.2. The Hall–Kier alpha value is -1.59. The highest BCUT2D eigenvalue weighted by Crippen LogP contribution is 2.17. The van der Waals surface area contributed by atoms with Crippen LogP contribution in [0.5, 0.6) is 0 Å². The van der Waals surface area contributed by atoms with Gasteiger partial charge in [0.1, 0.15) is 13.2 Å². The minimum atomic E-state index is -0.759. The van der Waals surface area contributed by atoms with Crippen LogP contribution in [-0.2, 0) is 28.6 Å². The zero-order chi connectivity index (χ0) is 39.0. The van der Waals surface area contributed by atoms with Crippen LogP contribution in [0.4, 0.5) is 0 Å². The van der Waals surface area contributed by atoms with Crippen LogP contribution in [0, 0.1) is 11.8 Å². The van der Waals surface area contributed by atoms with Crippen molar-refractivity contribution in [1.82, 2.24) is 0 Å². The number of rotatable bonds is 41. The lowest BCUT2D eigenvalue weighted by Gasteiger charge is -2.18. The smallest absolute Gasteiger partial charge is 0.306 e. The third-order valence-electron chi connectivity index (χ3n) is 10.5. The summed E-state index contributed by atoms with van der Waals surface area (Å²) >= 11 is 0. The molecule has 0 rings (SSSR count). The van der Waals surface area contributed by atoms with Crippen molar-refractivity contribution in [2.75, 3.05) is 13.2 Å². The predicted molar refractivity (Wildman–Crippen MR) is 224 cm³/mol. The van der Waals surface area contributed by atoms with E-state index in [0.29, 0.717) is 19.3 Å². The summed E-state index contributed by atoms with van der Waals surface area (Å²) in [6, 6.07) is 0. The van der Waals surface area contributed by atoms with E-state index >= 15 is 0 Å². The highest BCUT2D eigenvalue weighted by atomic mass is 16.6. The maximum atomic E-state index is 12.6. The number of unbranched alkanes of at least 4 members (excludes halogenated alkanes) is 26. The van der Waals surface area contributed by atoms with Crippen LogP contribution in [0.15, 0.2) is 0 Å². The van der Waals surface area contributed by atoms with E-state index in [1.54, 1.807) is 0 Å². The Morgan fingerprint density at radius 2 is 0.623 bits per heavy atom. The molecule has 0 aliphatic heterocycles. The average Bonchev–Trinajstić information content (AvgIpc) is 3.12. The van der Waals surface area contributed by atoms with Gasteiger partial charge in [-0.25, -0.2) is 0 Å². The van der Waals surface area contributed by atoms with Gasteiger partial charge in [0, 0.05) is 19.3 Å².